The molecule has 1 unspecified atom stereocenters. The highest BCUT2D eigenvalue weighted by molar-refractivity contribution is 7.45. The molecule has 0 bridgehead atoms. The molecule has 8 nitrogen and oxygen atoms in total. The molecule has 0 N–H and O–H groups in total. The number of allylic oxidation sites excluding steroid dienone is 11. The number of ether oxygens (including phenoxy) is 2. The predicted molar refractivity (Wildman–Crippen MR) is 240 cm³/mol. The van der Waals surface area contributed by atoms with Gasteiger partial charge in [0.1, 0.15) is 19.8 Å². The molecule has 0 aromatic carbocycles. The number of nitrogens with zero attached hydrogens (tertiary/aromatic N) is 1. The number of carbonyl (C=O) groups is 1. The number of hydrogen-bond acceptors (Lipinski definition) is 7. The second-order valence-corrected chi connectivity index (χ2v) is 17.5. The SMILES string of the molecule is CC/C=C/C/C=C/C/C=C/C/C=C/C/C=C/CCCCCC(=O)O[C@H](CO/C=C/CCCCCCCCCCCCCCCC)COP(=O)([O-])OCC[N+](C)(C)C. The molecule has 0 aliphatic heterocycles. The van der Waals surface area contributed by atoms with E-state index < -0.39 is 13.9 Å². The van der Waals surface area contributed by atoms with E-state index in [0.29, 0.717) is 17.4 Å². The lowest BCUT2D eigenvalue weighted by Crippen LogP contribution is -2.37. The van der Waals surface area contributed by atoms with E-state index in [4.69, 9.17) is 18.5 Å². The molecule has 0 heterocycles. The second kappa shape index (κ2) is 40.6. The normalized spacial score (nSPS) is 14.4. The Morgan fingerprint density at radius 2 is 1.04 bits per heavy atom. The number of phosphoric acid groups is 1. The molecule has 2 atom stereocenters. The summed E-state index contributed by atoms with van der Waals surface area (Å²) in [6.45, 7) is 4.58. The Kier molecular flexibility index (Phi) is 39.0. The molecule has 0 aliphatic carbocycles. The van der Waals surface area contributed by atoms with Crippen LogP contribution in [0.4, 0.5) is 0 Å². The van der Waals surface area contributed by atoms with Gasteiger partial charge in [0, 0.05) is 6.42 Å². The molecule has 0 amide bonds. The Hall–Kier alpha value is -2.22. The average Bonchev–Trinajstić information content (AvgIpc) is 3.16. The lowest BCUT2D eigenvalue weighted by Gasteiger charge is -2.28. The standard InChI is InChI=1S/C48H86NO7P/c1-6-8-10-12-14-16-18-20-22-24-25-26-27-29-31-33-35-37-39-41-48(50)56-47(46-55-57(51,52)54-44-42-49(3,4)5)45-53-43-40-38-36-34-32-30-28-23-21-19-17-15-13-11-9-7-2/h8,10,14,16,20,22,25-26,29,31,40,43,47H,6-7,9,11-13,15,17-19,21,23-24,27-28,30,32-39,41-42,44-46H2,1-5H3/b10-8+,16-14+,22-20+,26-25+,31-29+,43-40+/t47-/m1/s1. The van der Waals surface area contributed by atoms with Gasteiger partial charge in [0.05, 0.1) is 34.0 Å². The van der Waals surface area contributed by atoms with Gasteiger partial charge in [-0.15, -0.1) is 0 Å². The zero-order valence-corrected chi connectivity index (χ0v) is 38.2. The number of esters is 1. The van der Waals surface area contributed by atoms with Crippen LogP contribution in [0.5, 0.6) is 0 Å². The number of unbranched alkanes of at least 4 members (excludes halogenated alkanes) is 17. The van der Waals surface area contributed by atoms with Crippen LogP contribution in [-0.4, -0.2) is 64.1 Å². The first kappa shape index (κ1) is 54.8. The maximum absolute atomic E-state index is 12.7. The maximum atomic E-state index is 12.7. The van der Waals surface area contributed by atoms with Crippen molar-refractivity contribution in [1.82, 2.24) is 0 Å². The van der Waals surface area contributed by atoms with E-state index in [0.717, 1.165) is 64.2 Å². The summed E-state index contributed by atoms with van der Waals surface area (Å²) in [5.41, 5.74) is 0. The van der Waals surface area contributed by atoms with Gasteiger partial charge in [-0.25, -0.2) is 0 Å². The van der Waals surface area contributed by atoms with E-state index in [1.165, 1.54) is 83.5 Å². The summed E-state index contributed by atoms with van der Waals surface area (Å²) in [6, 6.07) is 0. The van der Waals surface area contributed by atoms with Crippen LogP contribution in [0.2, 0.25) is 0 Å². The van der Waals surface area contributed by atoms with Gasteiger partial charge in [0.15, 0.2) is 6.10 Å². The number of likely N-dealkylation sites (N-methyl/N-ethyl adjacent to an activating group) is 1. The molecule has 0 aliphatic rings. The van der Waals surface area contributed by atoms with Crippen molar-refractivity contribution in [1.29, 1.82) is 0 Å². The zero-order chi connectivity index (χ0) is 42.0. The molecular formula is C48H86NO7P. The van der Waals surface area contributed by atoms with Crippen LogP contribution < -0.4 is 4.89 Å². The van der Waals surface area contributed by atoms with Crippen molar-refractivity contribution < 1.29 is 37.3 Å². The highest BCUT2D eigenvalue weighted by Gasteiger charge is 2.20. The van der Waals surface area contributed by atoms with Gasteiger partial charge < -0.3 is 27.9 Å². The average molecular weight is 820 g/mol. The fourth-order valence-corrected chi connectivity index (χ4v) is 6.56. The van der Waals surface area contributed by atoms with Crippen LogP contribution in [0.15, 0.2) is 73.1 Å². The Bertz CT molecular complexity index is 1140. The molecule has 0 fully saturated rings. The molecule has 0 spiro atoms. The molecule has 0 saturated heterocycles. The van der Waals surface area contributed by atoms with E-state index >= 15 is 0 Å². The molecule has 9 heteroatoms. The van der Waals surface area contributed by atoms with Crippen molar-refractivity contribution in [2.45, 2.75) is 180 Å². The van der Waals surface area contributed by atoms with Crippen molar-refractivity contribution in [2.24, 2.45) is 0 Å². The molecule has 0 aromatic heterocycles. The van der Waals surface area contributed by atoms with Gasteiger partial charge in [0.25, 0.3) is 7.82 Å². The van der Waals surface area contributed by atoms with E-state index in [1.807, 2.05) is 27.2 Å². The van der Waals surface area contributed by atoms with E-state index in [-0.39, 0.29) is 32.2 Å². The van der Waals surface area contributed by atoms with Crippen molar-refractivity contribution in [3.8, 4) is 0 Å². The minimum Gasteiger partial charge on any atom is -0.756 e. The van der Waals surface area contributed by atoms with Crippen LogP contribution in [0.1, 0.15) is 174 Å². The van der Waals surface area contributed by atoms with Crippen molar-refractivity contribution in [3.63, 3.8) is 0 Å². The van der Waals surface area contributed by atoms with Gasteiger partial charge in [-0.1, -0.05) is 164 Å². The van der Waals surface area contributed by atoms with Crippen molar-refractivity contribution >= 4 is 13.8 Å². The summed E-state index contributed by atoms with van der Waals surface area (Å²) >= 11 is 0. The number of rotatable bonds is 41. The number of phosphoric ester groups is 1. The molecule has 57 heavy (non-hydrogen) atoms. The highest BCUT2D eigenvalue weighted by atomic mass is 31.2. The lowest BCUT2D eigenvalue weighted by molar-refractivity contribution is -0.870. The van der Waals surface area contributed by atoms with Crippen LogP contribution >= 0.6 is 7.82 Å². The predicted octanol–water partition coefficient (Wildman–Crippen LogP) is 13.2. The first-order valence-corrected chi connectivity index (χ1v) is 24.2. The largest absolute Gasteiger partial charge is 0.756 e. The van der Waals surface area contributed by atoms with Gasteiger partial charge >= 0.3 is 5.97 Å². The third kappa shape index (κ3) is 44.7. The molecule has 330 valence electrons. The fraction of sp³-hybridized carbons (Fsp3) is 0.729. The first-order chi connectivity index (χ1) is 27.6. The highest BCUT2D eigenvalue weighted by Crippen LogP contribution is 2.38. The third-order valence-electron chi connectivity index (χ3n) is 9.34. The molecule has 0 rings (SSSR count). The second-order valence-electron chi connectivity index (χ2n) is 16.1. The van der Waals surface area contributed by atoms with Gasteiger partial charge in [-0.2, -0.15) is 0 Å². The van der Waals surface area contributed by atoms with Gasteiger partial charge in [-0.05, 0) is 70.3 Å². The monoisotopic (exact) mass is 820 g/mol. The van der Waals surface area contributed by atoms with E-state index in [2.05, 4.69) is 74.6 Å². The molecule has 0 saturated carbocycles. The Balaban J connectivity index is 4.35. The van der Waals surface area contributed by atoms with Crippen molar-refractivity contribution in [3.05, 3.63) is 73.1 Å². The minimum atomic E-state index is -4.55. The molecule has 0 aromatic rings. The Labute approximate surface area is 351 Å². The summed E-state index contributed by atoms with van der Waals surface area (Å²) in [6.07, 6.45) is 53.0. The topological polar surface area (TPSA) is 94.1 Å². The van der Waals surface area contributed by atoms with Crippen LogP contribution in [-0.2, 0) is 27.9 Å². The first-order valence-electron chi connectivity index (χ1n) is 22.7. The van der Waals surface area contributed by atoms with Gasteiger partial charge in [-0.3, -0.25) is 9.36 Å². The summed E-state index contributed by atoms with van der Waals surface area (Å²) in [4.78, 5) is 25.0. The maximum Gasteiger partial charge on any atom is 0.306 e. The lowest BCUT2D eigenvalue weighted by atomic mass is 10.0. The van der Waals surface area contributed by atoms with Crippen LogP contribution in [0.25, 0.3) is 0 Å². The summed E-state index contributed by atoms with van der Waals surface area (Å²) in [5, 5.41) is 0. The Morgan fingerprint density at radius 3 is 1.54 bits per heavy atom. The van der Waals surface area contributed by atoms with Gasteiger partial charge in [0.2, 0.25) is 0 Å². The summed E-state index contributed by atoms with van der Waals surface area (Å²) < 4.78 is 34.3. The zero-order valence-electron chi connectivity index (χ0n) is 37.3. The Morgan fingerprint density at radius 1 is 0.579 bits per heavy atom. The number of carbonyl (C=O) groups excluding carboxylic acids is 1. The minimum absolute atomic E-state index is 0.00390. The number of hydrogen-bond donors (Lipinski definition) is 0. The van der Waals surface area contributed by atoms with Crippen molar-refractivity contribution in [2.75, 3.05) is 47.5 Å². The van der Waals surface area contributed by atoms with E-state index in [9.17, 15) is 14.3 Å². The summed E-state index contributed by atoms with van der Waals surface area (Å²) in [5.74, 6) is -0.389. The smallest absolute Gasteiger partial charge is 0.306 e. The summed E-state index contributed by atoms with van der Waals surface area (Å²) in [7, 11) is 1.29. The van der Waals surface area contributed by atoms with E-state index in [1.54, 1.807) is 6.26 Å². The number of quaternary nitrogens is 1. The van der Waals surface area contributed by atoms with Crippen LogP contribution in [0, 0.1) is 0 Å². The van der Waals surface area contributed by atoms with Crippen LogP contribution in [0.3, 0.4) is 0 Å². The molecule has 0 radical (unpaired) electrons. The molecular weight excluding hydrogens is 734 g/mol. The fourth-order valence-electron chi connectivity index (χ4n) is 5.83. The third-order valence-corrected chi connectivity index (χ3v) is 10.3. The quantitative estimate of drug-likeness (QED) is 0.0151.